The maximum atomic E-state index is 5.40. The van der Waals surface area contributed by atoms with Crippen LogP contribution in [0.2, 0.25) is 0 Å². The van der Waals surface area contributed by atoms with Gasteiger partial charge in [0.05, 0.1) is 31.9 Å². The second-order valence-electron chi connectivity index (χ2n) is 7.34. The van der Waals surface area contributed by atoms with Crippen LogP contribution < -0.4 is 15.4 Å². The molecular formula is C21H30ClN7O2. The minimum atomic E-state index is 0. The molecule has 0 radical (unpaired) electrons. The first-order valence-electron chi connectivity index (χ1n) is 10.3. The van der Waals surface area contributed by atoms with Crippen LogP contribution in [0.5, 0.6) is 5.75 Å². The Kier molecular flexibility index (Phi) is 8.27. The fraction of sp³-hybridized carbons (Fsp3) is 0.476. The number of fused-ring (bicyclic) bond motifs is 1. The summed E-state index contributed by atoms with van der Waals surface area (Å²) in [6.07, 6.45) is 2.83. The second kappa shape index (κ2) is 11.1. The van der Waals surface area contributed by atoms with Crippen molar-refractivity contribution in [2.45, 2.75) is 13.0 Å². The number of hydrogen-bond donors (Lipinski definition) is 2. The van der Waals surface area contributed by atoms with Crippen molar-refractivity contribution in [3.8, 4) is 5.75 Å². The first-order chi connectivity index (χ1) is 14.7. The van der Waals surface area contributed by atoms with Crippen molar-refractivity contribution >= 4 is 35.2 Å². The first kappa shape index (κ1) is 23.1. The molecule has 1 aliphatic heterocycles. The Morgan fingerprint density at radius 3 is 2.61 bits per heavy atom. The van der Waals surface area contributed by atoms with Crippen molar-refractivity contribution < 1.29 is 9.47 Å². The SMILES string of the molecule is COc1ccc(CNc2nc(NCCCN3CCOCC3)nc3c2cnn3C)cc1.Cl. The topological polar surface area (TPSA) is 89.4 Å². The largest absolute Gasteiger partial charge is 0.497 e. The molecule has 2 aromatic heterocycles. The summed E-state index contributed by atoms with van der Waals surface area (Å²) in [5, 5.41) is 12.1. The molecule has 31 heavy (non-hydrogen) atoms. The third-order valence-electron chi connectivity index (χ3n) is 5.25. The maximum Gasteiger partial charge on any atom is 0.226 e. The lowest BCUT2D eigenvalue weighted by Gasteiger charge is -2.26. The van der Waals surface area contributed by atoms with E-state index < -0.39 is 0 Å². The van der Waals surface area contributed by atoms with E-state index in [1.165, 1.54) is 0 Å². The standard InChI is InChI=1S/C21H29N7O2.ClH/c1-27-20-18(15-24-27)19(23-14-16-4-6-17(29-2)7-5-16)25-21(26-20)22-8-3-9-28-10-12-30-13-11-28;/h4-7,15H,3,8-14H2,1-2H3,(H2,22,23,25,26);1H. The number of morpholine rings is 1. The summed E-state index contributed by atoms with van der Waals surface area (Å²) < 4.78 is 12.4. The van der Waals surface area contributed by atoms with Crippen molar-refractivity contribution in [3.05, 3.63) is 36.0 Å². The Balaban J connectivity index is 0.00000272. The molecule has 0 saturated carbocycles. The highest BCUT2D eigenvalue weighted by Gasteiger charge is 2.12. The van der Waals surface area contributed by atoms with Gasteiger partial charge in [-0.3, -0.25) is 9.58 Å². The van der Waals surface area contributed by atoms with Gasteiger partial charge in [0, 0.05) is 33.2 Å². The van der Waals surface area contributed by atoms with Crippen molar-refractivity contribution in [2.24, 2.45) is 7.05 Å². The number of benzene rings is 1. The molecule has 168 valence electrons. The molecule has 1 fully saturated rings. The lowest BCUT2D eigenvalue weighted by Crippen LogP contribution is -2.37. The molecule has 0 spiro atoms. The van der Waals surface area contributed by atoms with Crippen molar-refractivity contribution in [1.82, 2.24) is 24.6 Å². The number of anilines is 2. The summed E-state index contributed by atoms with van der Waals surface area (Å²) in [5.41, 5.74) is 1.95. The fourth-order valence-electron chi connectivity index (χ4n) is 3.49. The quantitative estimate of drug-likeness (QED) is 0.484. The predicted octanol–water partition coefficient (Wildman–Crippen LogP) is 2.54. The molecule has 3 heterocycles. The third-order valence-corrected chi connectivity index (χ3v) is 5.25. The van der Waals surface area contributed by atoms with Crippen molar-refractivity contribution in [1.29, 1.82) is 0 Å². The minimum absolute atomic E-state index is 0. The zero-order valence-electron chi connectivity index (χ0n) is 18.0. The molecule has 1 aliphatic rings. The zero-order valence-corrected chi connectivity index (χ0v) is 18.8. The first-order valence-corrected chi connectivity index (χ1v) is 10.3. The van der Waals surface area contributed by atoms with Crippen LogP contribution in [-0.2, 0) is 18.3 Å². The van der Waals surface area contributed by atoms with E-state index in [1.54, 1.807) is 18.0 Å². The van der Waals surface area contributed by atoms with E-state index in [0.717, 1.165) is 74.0 Å². The van der Waals surface area contributed by atoms with E-state index in [9.17, 15) is 0 Å². The van der Waals surface area contributed by atoms with Gasteiger partial charge in [0.1, 0.15) is 11.6 Å². The Morgan fingerprint density at radius 2 is 1.87 bits per heavy atom. The Morgan fingerprint density at radius 1 is 1.10 bits per heavy atom. The molecule has 1 saturated heterocycles. The fourth-order valence-corrected chi connectivity index (χ4v) is 3.49. The van der Waals surface area contributed by atoms with Crippen LogP contribution in [0.3, 0.4) is 0 Å². The van der Waals surface area contributed by atoms with Crippen LogP contribution in [0.1, 0.15) is 12.0 Å². The van der Waals surface area contributed by atoms with Gasteiger partial charge < -0.3 is 20.1 Å². The smallest absolute Gasteiger partial charge is 0.226 e. The zero-order chi connectivity index (χ0) is 20.8. The molecule has 9 nitrogen and oxygen atoms in total. The lowest BCUT2D eigenvalue weighted by atomic mass is 10.2. The molecule has 2 N–H and O–H groups in total. The van der Waals surface area contributed by atoms with Gasteiger partial charge >= 0.3 is 0 Å². The van der Waals surface area contributed by atoms with Crippen LogP contribution in [0.25, 0.3) is 11.0 Å². The summed E-state index contributed by atoms with van der Waals surface area (Å²) in [7, 11) is 3.56. The van der Waals surface area contributed by atoms with E-state index in [4.69, 9.17) is 14.5 Å². The molecular weight excluding hydrogens is 418 g/mol. The average molecular weight is 448 g/mol. The number of methoxy groups -OCH3 is 1. The van der Waals surface area contributed by atoms with Gasteiger partial charge in [-0.1, -0.05) is 12.1 Å². The van der Waals surface area contributed by atoms with Crippen LogP contribution in [0.4, 0.5) is 11.8 Å². The molecule has 4 rings (SSSR count). The summed E-state index contributed by atoms with van der Waals surface area (Å²) in [5.74, 6) is 2.24. The van der Waals surface area contributed by atoms with Gasteiger partial charge in [-0.25, -0.2) is 0 Å². The van der Waals surface area contributed by atoms with Gasteiger partial charge in [-0.05, 0) is 30.7 Å². The molecule has 0 atom stereocenters. The Hall–Kier alpha value is -2.62. The third kappa shape index (κ3) is 5.96. The highest BCUT2D eigenvalue weighted by atomic mass is 35.5. The van der Waals surface area contributed by atoms with Crippen LogP contribution in [0.15, 0.2) is 30.5 Å². The monoisotopic (exact) mass is 447 g/mol. The number of aromatic nitrogens is 4. The molecule has 0 aliphatic carbocycles. The summed E-state index contributed by atoms with van der Waals surface area (Å²) >= 11 is 0. The number of halogens is 1. The van der Waals surface area contributed by atoms with E-state index in [2.05, 4.69) is 25.6 Å². The average Bonchev–Trinajstić information content (AvgIpc) is 3.17. The lowest BCUT2D eigenvalue weighted by molar-refractivity contribution is 0.0378. The van der Waals surface area contributed by atoms with E-state index >= 15 is 0 Å². The van der Waals surface area contributed by atoms with Crippen LogP contribution >= 0.6 is 12.4 Å². The van der Waals surface area contributed by atoms with Gasteiger partial charge in [0.2, 0.25) is 5.95 Å². The van der Waals surface area contributed by atoms with Gasteiger partial charge in [-0.15, -0.1) is 12.4 Å². The Bertz CT molecular complexity index is 958. The molecule has 10 heteroatoms. The van der Waals surface area contributed by atoms with Gasteiger partial charge in [0.25, 0.3) is 0 Å². The van der Waals surface area contributed by atoms with Crippen molar-refractivity contribution in [2.75, 3.05) is 57.1 Å². The molecule has 0 bridgehead atoms. The summed E-state index contributed by atoms with van der Waals surface area (Å²) in [6.45, 7) is 6.20. The minimum Gasteiger partial charge on any atom is -0.497 e. The van der Waals surface area contributed by atoms with Crippen LogP contribution in [0, 0.1) is 0 Å². The summed E-state index contributed by atoms with van der Waals surface area (Å²) in [6, 6.07) is 7.99. The maximum absolute atomic E-state index is 5.40. The van der Waals surface area contributed by atoms with E-state index in [0.29, 0.717) is 12.5 Å². The highest BCUT2D eigenvalue weighted by Crippen LogP contribution is 2.22. The molecule has 3 aromatic rings. The number of hydrogen-bond acceptors (Lipinski definition) is 8. The summed E-state index contributed by atoms with van der Waals surface area (Å²) in [4.78, 5) is 11.8. The van der Waals surface area contributed by atoms with Gasteiger partial charge in [-0.2, -0.15) is 15.1 Å². The second-order valence-corrected chi connectivity index (χ2v) is 7.34. The van der Waals surface area contributed by atoms with Crippen molar-refractivity contribution in [3.63, 3.8) is 0 Å². The number of nitrogens with one attached hydrogen (secondary N) is 2. The highest BCUT2D eigenvalue weighted by molar-refractivity contribution is 5.87. The predicted molar refractivity (Wildman–Crippen MR) is 124 cm³/mol. The molecule has 1 aromatic carbocycles. The van der Waals surface area contributed by atoms with E-state index in [-0.39, 0.29) is 12.4 Å². The van der Waals surface area contributed by atoms with Crippen LogP contribution in [-0.4, -0.2) is 71.2 Å². The number of nitrogens with zero attached hydrogens (tertiary/aromatic N) is 5. The number of ether oxygens (including phenoxy) is 2. The number of aryl methyl sites for hydroxylation is 1. The molecule has 0 amide bonds. The number of rotatable bonds is 9. The normalized spacial score (nSPS) is 14.3. The molecule has 0 unspecified atom stereocenters. The van der Waals surface area contributed by atoms with E-state index in [1.807, 2.05) is 31.3 Å². The van der Waals surface area contributed by atoms with Gasteiger partial charge in [0.15, 0.2) is 5.65 Å². The Labute approximate surface area is 188 Å².